The molecule has 0 saturated carbocycles. The quantitative estimate of drug-likeness (QED) is 0.573. The first-order valence-corrected chi connectivity index (χ1v) is 4.47. The summed E-state index contributed by atoms with van der Waals surface area (Å²) in [7, 11) is -0.611. The molecule has 0 fully saturated rings. The zero-order valence-electron chi connectivity index (χ0n) is 6.36. The number of carbonyl (C=O) groups excluding carboxylic acids is 1. The summed E-state index contributed by atoms with van der Waals surface area (Å²) >= 11 is 0. The topological polar surface area (TPSA) is 34.1 Å². The summed E-state index contributed by atoms with van der Waals surface area (Å²) in [5.74, 6) is -1.76. The Kier molecular flexibility index (Phi) is 6.35. The Morgan fingerprint density at radius 2 is 1.36 bits per heavy atom. The van der Waals surface area contributed by atoms with Gasteiger partial charge in [-0.15, -0.1) is 0 Å². The zero-order valence-corrected chi connectivity index (χ0v) is 7.18. The lowest BCUT2D eigenvalue weighted by Gasteiger charge is -1.95. The molecule has 0 N–H and O–H groups in total. The molecular formula is C5H9F3O2S. The van der Waals surface area contributed by atoms with Gasteiger partial charge in [0.25, 0.3) is 0 Å². The maximum Gasteiger partial charge on any atom is 0.449 e. The van der Waals surface area contributed by atoms with Crippen molar-refractivity contribution < 1.29 is 22.2 Å². The number of hydrogen-bond acceptors (Lipinski definition) is 2. The van der Waals surface area contributed by atoms with Crippen LogP contribution in [0, 0.1) is 0 Å². The maximum absolute atomic E-state index is 10.8. The van der Waals surface area contributed by atoms with Crippen LogP contribution in [-0.4, -0.2) is 28.7 Å². The standard InChI is InChI=1S/C3H3F3O.C2H6OS/c1-2(7)3(4,5)6;1-4(2)3/h1H3;1-2H3. The molecular weight excluding hydrogens is 181 g/mol. The molecule has 0 aromatic heterocycles. The second-order valence-corrected chi connectivity index (χ2v) is 3.28. The highest BCUT2D eigenvalue weighted by molar-refractivity contribution is 7.83. The Morgan fingerprint density at radius 1 is 1.27 bits per heavy atom. The fourth-order valence-electron chi connectivity index (χ4n) is 0. The second-order valence-electron chi connectivity index (χ2n) is 1.80. The maximum atomic E-state index is 10.8. The van der Waals surface area contributed by atoms with Gasteiger partial charge in [0.1, 0.15) is 0 Å². The van der Waals surface area contributed by atoms with Crippen molar-refractivity contribution in [2.75, 3.05) is 12.5 Å². The van der Waals surface area contributed by atoms with Crippen LogP contribution in [0.3, 0.4) is 0 Å². The highest BCUT2D eigenvalue weighted by Crippen LogP contribution is 2.14. The fourth-order valence-corrected chi connectivity index (χ4v) is 0. The smallest absolute Gasteiger partial charge is 0.290 e. The first kappa shape index (κ1) is 13.2. The van der Waals surface area contributed by atoms with Crippen molar-refractivity contribution in [1.29, 1.82) is 0 Å². The van der Waals surface area contributed by atoms with Crippen molar-refractivity contribution in [3.8, 4) is 0 Å². The van der Waals surface area contributed by atoms with E-state index in [9.17, 15) is 22.2 Å². The van der Waals surface area contributed by atoms with Crippen molar-refractivity contribution in [2.45, 2.75) is 13.1 Å². The van der Waals surface area contributed by atoms with Crippen molar-refractivity contribution >= 4 is 16.6 Å². The van der Waals surface area contributed by atoms with Crippen LogP contribution in [0.1, 0.15) is 6.92 Å². The molecule has 0 aromatic rings. The van der Waals surface area contributed by atoms with Crippen LogP contribution in [0.4, 0.5) is 13.2 Å². The largest absolute Gasteiger partial charge is 0.449 e. The minimum Gasteiger partial charge on any atom is -0.290 e. The summed E-state index contributed by atoms with van der Waals surface area (Å²) < 4.78 is 42.0. The molecule has 0 atom stereocenters. The molecule has 0 radical (unpaired) electrons. The molecule has 0 bridgehead atoms. The van der Waals surface area contributed by atoms with Crippen LogP contribution in [0.2, 0.25) is 0 Å². The SMILES string of the molecule is CC(=O)C(F)(F)F.CS(C)=O. The number of rotatable bonds is 0. The summed E-state index contributed by atoms with van der Waals surface area (Å²) in [4.78, 5) is 9.34. The number of ketones is 1. The minimum atomic E-state index is -4.64. The Morgan fingerprint density at radius 3 is 1.36 bits per heavy atom. The van der Waals surface area contributed by atoms with Gasteiger partial charge < -0.3 is 0 Å². The van der Waals surface area contributed by atoms with Crippen molar-refractivity contribution in [2.24, 2.45) is 0 Å². The lowest BCUT2D eigenvalue weighted by atomic mass is 10.5. The van der Waals surface area contributed by atoms with Crippen LogP contribution < -0.4 is 0 Å². The summed E-state index contributed by atoms with van der Waals surface area (Å²) in [5.41, 5.74) is 0. The molecule has 0 spiro atoms. The van der Waals surface area contributed by atoms with Gasteiger partial charge in [-0.3, -0.25) is 9.00 Å². The normalized spacial score (nSPS) is 10.5. The average molecular weight is 190 g/mol. The first-order chi connectivity index (χ1) is 4.68. The third-order valence-electron chi connectivity index (χ3n) is 0.399. The monoisotopic (exact) mass is 190 g/mol. The molecule has 0 aliphatic rings. The molecule has 0 rings (SSSR count). The summed E-state index contributed by atoms with van der Waals surface area (Å²) in [5, 5.41) is 0. The van der Waals surface area contributed by atoms with Crippen LogP contribution in [0.25, 0.3) is 0 Å². The number of halogens is 3. The molecule has 0 aromatic carbocycles. The first-order valence-electron chi connectivity index (χ1n) is 2.50. The van der Waals surface area contributed by atoms with Crippen molar-refractivity contribution in [1.82, 2.24) is 0 Å². The van der Waals surface area contributed by atoms with Gasteiger partial charge >= 0.3 is 6.18 Å². The third-order valence-corrected chi connectivity index (χ3v) is 0.399. The molecule has 0 amide bonds. The van der Waals surface area contributed by atoms with E-state index < -0.39 is 22.8 Å². The molecule has 0 aliphatic heterocycles. The van der Waals surface area contributed by atoms with Gasteiger partial charge in [-0.2, -0.15) is 13.2 Å². The van der Waals surface area contributed by atoms with Crippen LogP contribution in [0.15, 0.2) is 0 Å². The summed E-state index contributed by atoms with van der Waals surface area (Å²) in [6.45, 7) is 0.486. The van der Waals surface area contributed by atoms with E-state index in [0.717, 1.165) is 0 Å². The molecule has 11 heavy (non-hydrogen) atoms. The fraction of sp³-hybridized carbons (Fsp3) is 0.800. The number of carbonyl (C=O) groups is 1. The van der Waals surface area contributed by atoms with Crippen LogP contribution in [0.5, 0.6) is 0 Å². The van der Waals surface area contributed by atoms with Crippen LogP contribution in [-0.2, 0) is 15.6 Å². The van der Waals surface area contributed by atoms with Gasteiger partial charge in [-0.25, -0.2) is 0 Å². The van der Waals surface area contributed by atoms with E-state index in [-0.39, 0.29) is 0 Å². The summed E-state index contributed by atoms with van der Waals surface area (Å²) in [6.07, 6.45) is -1.36. The second kappa shape index (κ2) is 5.29. The Hall–Kier alpha value is -0.390. The van der Waals surface area contributed by atoms with E-state index in [0.29, 0.717) is 6.92 Å². The van der Waals surface area contributed by atoms with E-state index >= 15 is 0 Å². The van der Waals surface area contributed by atoms with E-state index in [1.807, 2.05) is 0 Å². The van der Waals surface area contributed by atoms with E-state index in [1.54, 1.807) is 12.5 Å². The molecule has 0 aliphatic carbocycles. The molecule has 6 heteroatoms. The Bertz CT molecular complexity index is 148. The van der Waals surface area contributed by atoms with E-state index in [4.69, 9.17) is 0 Å². The van der Waals surface area contributed by atoms with E-state index in [2.05, 4.69) is 0 Å². The van der Waals surface area contributed by atoms with E-state index in [1.165, 1.54) is 0 Å². The van der Waals surface area contributed by atoms with Gasteiger partial charge in [0.15, 0.2) is 0 Å². The lowest BCUT2D eigenvalue weighted by molar-refractivity contribution is -0.168. The predicted molar refractivity (Wildman–Crippen MR) is 36.7 cm³/mol. The van der Waals surface area contributed by atoms with Gasteiger partial charge in [0.05, 0.1) is 0 Å². The summed E-state index contributed by atoms with van der Waals surface area (Å²) in [6, 6.07) is 0. The minimum absolute atomic E-state index is 0.486. The Balaban J connectivity index is 0. The molecule has 68 valence electrons. The molecule has 0 heterocycles. The molecule has 0 saturated heterocycles. The average Bonchev–Trinajstić information content (AvgIpc) is 1.59. The van der Waals surface area contributed by atoms with Crippen LogP contribution >= 0.6 is 0 Å². The van der Waals surface area contributed by atoms with Crippen molar-refractivity contribution in [3.63, 3.8) is 0 Å². The zero-order chi connectivity index (χ0) is 9.65. The third kappa shape index (κ3) is 17.7. The number of hydrogen-bond donors (Lipinski definition) is 0. The molecule has 2 nitrogen and oxygen atoms in total. The lowest BCUT2D eigenvalue weighted by Crippen LogP contribution is -2.18. The van der Waals surface area contributed by atoms with Gasteiger partial charge in [0, 0.05) is 30.2 Å². The Labute approximate surface area is 65.2 Å². The van der Waals surface area contributed by atoms with Crippen molar-refractivity contribution in [3.05, 3.63) is 0 Å². The van der Waals surface area contributed by atoms with Gasteiger partial charge in [-0.05, 0) is 0 Å². The highest BCUT2D eigenvalue weighted by Gasteiger charge is 2.33. The predicted octanol–water partition coefficient (Wildman–Crippen LogP) is 1.13. The van der Waals surface area contributed by atoms with Gasteiger partial charge in [0.2, 0.25) is 5.78 Å². The number of Topliss-reactive ketones (excluding diaryl/α,β-unsaturated/α-hetero) is 1. The highest BCUT2D eigenvalue weighted by atomic mass is 32.2. The molecule has 0 unspecified atom stereocenters. The van der Waals surface area contributed by atoms with Gasteiger partial charge in [-0.1, -0.05) is 0 Å². The number of alkyl halides is 3.